The fourth-order valence-corrected chi connectivity index (χ4v) is 3.20. The Morgan fingerprint density at radius 1 is 1.32 bits per heavy atom. The summed E-state index contributed by atoms with van der Waals surface area (Å²) in [4.78, 5) is 14.9. The zero-order valence-electron chi connectivity index (χ0n) is 12.8. The molecule has 1 aromatic heterocycles. The van der Waals surface area contributed by atoms with E-state index in [1.54, 1.807) is 11.0 Å². The summed E-state index contributed by atoms with van der Waals surface area (Å²) in [6, 6.07) is 9.32. The van der Waals surface area contributed by atoms with Gasteiger partial charge in [0.25, 0.3) is 0 Å². The van der Waals surface area contributed by atoms with E-state index in [1.807, 2.05) is 38.2 Å². The van der Waals surface area contributed by atoms with Gasteiger partial charge in [-0.15, -0.1) is 0 Å². The molecule has 116 valence electrons. The predicted octanol–water partition coefficient (Wildman–Crippen LogP) is 3.97. The van der Waals surface area contributed by atoms with Crippen molar-refractivity contribution in [3.8, 4) is 0 Å². The smallest absolute Gasteiger partial charge is 0.233 e. The van der Waals surface area contributed by atoms with Crippen molar-refractivity contribution in [1.82, 2.24) is 10.1 Å². The highest BCUT2D eigenvalue weighted by molar-refractivity contribution is 6.30. The lowest BCUT2D eigenvalue weighted by atomic mass is 9.63. The molecule has 1 aromatic carbocycles. The van der Waals surface area contributed by atoms with Crippen molar-refractivity contribution < 1.29 is 9.32 Å². The molecule has 1 saturated carbocycles. The summed E-state index contributed by atoms with van der Waals surface area (Å²) in [6.45, 7) is 1.96. The number of amides is 1. The van der Waals surface area contributed by atoms with Crippen LogP contribution in [0.15, 0.2) is 41.1 Å². The van der Waals surface area contributed by atoms with Gasteiger partial charge in [-0.2, -0.15) is 0 Å². The molecule has 1 atom stereocenters. The fraction of sp³-hybridized carbons (Fsp3) is 0.412. The second kappa shape index (κ2) is 5.76. The minimum Gasteiger partial charge on any atom is -0.364 e. The molecule has 5 heteroatoms. The zero-order chi connectivity index (χ0) is 15.7. The van der Waals surface area contributed by atoms with Crippen LogP contribution in [0.2, 0.25) is 5.02 Å². The molecule has 3 rings (SSSR count). The average molecular weight is 319 g/mol. The van der Waals surface area contributed by atoms with Crippen LogP contribution in [0.4, 0.5) is 0 Å². The maximum atomic E-state index is 13.1. The van der Waals surface area contributed by atoms with Crippen molar-refractivity contribution in [2.45, 2.75) is 37.6 Å². The molecule has 0 unspecified atom stereocenters. The van der Waals surface area contributed by atoms with Crippen molar-refractivity contribution in [2.75, 3.05) is 7.05 Å². The maximum Gasteiger partial charge on any atom is 0.233 e. The first-order chi connectivity index (χ1) is 10.5. The number of rotatable bonds is 4. The SMILES string of the molecule is C[C@H](c1ccon1)N(C)C(=O)C1(c2ccc(Cl)cc2)CCC1. The third-order valence-electron chi connectivity index (χ3n) is 4.80. The quantitative estimate of drug-likeness (QED) is 0.857. The highest BCUT2D eigenvalue weighted by Crippen LogP contribution is 2.46. The summed E-state index contributed by atoms with van der Waals surface area (Å²) in [5.74, 6) is 0.136. The molecule has 0 bridgehead atoms. The van der Waals surface area contributed by atoms with Gasteiger partial charge < -0.3 is 9.42 Å². The van der Waals surface area contributed by atoms with E-state index in [9.17, 15) is 4.79 Å². The summed E-state index contributed by atoms with van der Waals surface area (Å²) in [5, 5.41) is 4.63. The van der Waals surface area contributed by atoms with Gasteiger partial charge in [0.2, 0.25) is 5.91 Å². The lowest BCUT2D eigenvalue weighted by molar-refractivity contribution is -0.141. The molecule has 1 fully saturated rings. The first kappa shape index (κ1) is 15.1. The second-order valence-electron chi connectivity index (χ2n) is 5.96. The first-order valence-electron chi connectivity index (χ1n) is 7.48. The number of halogens is 1. The summed E-state index contributed by atoms with van der Waals surface area (Å²) >= 11 is 5.97. The van der Waals surface area contributed by atoms with Gasteiger partial charge in [0, 0.05) is 18.1 Å². The predicted molar refractivity (Wildman–Crippen MR) is 84.7 cm³/mol. The fourth-order valence-electron chi connectivity index (χ4n) is 3.07. The first-order valence-corrected chi connectivity index (χ1v) is 7.86. The highest BCUT2D eigenvalue weighted by atomic mass is 35.5. The molecule has 1 amide bonds. The molecule has 22 heavy (non-hydrogen) atoms. The summed E-state index contributed by atoms with van der Waals surface area (Å²) in [6.07, 6.45) is 4.36. The molecule has 1 aliphatic carbocycles. The van der Waals surface area contributed by atoms with Crippen LogP contribution in [0.1, 0.15) is 43.5 Å². The van der Waals surface area contributed by atoms with Gasteiger partial charge in [0.05, 0.1) is 11.5 Å². The van der Waals surface area contributed by atoms with E-state index in [0.29, 0.717) is 5.02 Å². The topological polar surface area (TPSA) is 46.3 Å². The summed E-state index contributed by atoms with van der Waals surface area (Å²) in [7, 11) is 1.83. The third-order valence-corrected chi connectivity index (χ3v) is 5.05. The van der Waals surface area contributed by atoms with E-state index in [-0.39, 0.29) is 11.9 Å². The number of hydrogen-bond acceptors (Lipinski definition) is 3. The van der Waals surface area contributed by atoms with Gasteiger partial charge in [-0.3, -0.25) is 4.79 Å². The minimum atomic E-state index is -0.419. The van der Waals surface area contributed by atoms with Gasteiger partial charge in [0.1, 0.15) is 12.0 Å². The third kappa shape index (κ3) is 2.41. The van der Waals surface area contributed by atoms with Crippen molar-refractivity contribution in [3.63, 3.8) is 0 Å². The molecule has 0 saturated heterocycles. The van der Waals surface area contributed by atoms with Crippen LogP contribution < -0.4 is 0 Å². The molecule has 0 aliphatic heterocycles. The van der Waals surface area contributed by atoms with E-state index < -0.39 is 5.41 Å². The van der Waals surface area contributed by atoms with Crippen LogP contribution in [-0.4, -0.2) is 23.0 Å². The Balaban J connectivity index is 1.87. The molecule has 4 nitrogen and oxygen atoms in total. The number of carbonyl (C=O) groups is 1. The molecule has 0 spiro atoms. The molecule has 0 N–H and O–H groups in total. The summed E-state index contributed by atoms with van der Waals surface area (Å²) < 4.78 is 4.89. The van der Waals surface area contributed by atoms with Crippen LogP contribution in [0.25, 0.3) is 0 Å². The van der Waals surface area contributed by atoms with E-state index in [0.717, 1.165) is 30.5 Å². The Bertz CT molecular complexity index is 648. The Kier molecular flexibility index (Phi) is 3.96. The molecule has 2 aromatic rings. The van der Waals surface area contributed by atoms with Gasteiger partial charge in [0.15, 0.2) is 0 Å². The normalized spacial score (nSPS) is 17.6. The van der Waals surface area contributed by atoms with E-state index in [2.05, 4.69) is 5.16 Å². The lowest BCUT2D eigenvalue weighted by Crippen LogP contribution is -2.50. The van der Waals surface area contributed by atoms with E-state index >= 15 is 0 Å². The Labute approximate surface area is 135 Å². The maximum absolute atomic E-state index is 13.1. The van der Waals surface area contributed by atoms with Crippen LogP contribution >= 0.6 is 11.6 Å². The molecular weight excluding hydrogens is 300 g/mol. The summed E-state index contributed by atoms with van der Waals surface area (Å²) in [5.41, 5.74) is 1.39. The molecule has 0 radical (unpaired) electrons. The monoisotopic (exact) mass is 318 g/mol. The molecule has 1 heterocycles. The minimum absolute atomic E-state index is 0.115. The van der Waals surface area contributed by atoms with E-state index in [1.165, 1.54) is 6.26 Å². The second-order valence-corrected chi connectivity index (χ2v) is 6.40. The number of benzene rings is 1. The van der Waals surface area contributed by atoms with Crippen molar-refractivity contribution in [3.05, 3.63) is 52.9 Å². The highest BCUT2D eigenvalue weighted by Gasteiger charge is 2.47. The standard InChI is InChI=1S/C17H19ClN2O2/c1-12(15-8-11-22-19-15)20(2)16(21)17(9-3-10-17)13-4-6-14(18)7-5-13/h4-8,11-12H,3,9-10H2,1-2H3/t12-/m1/s1. The van der Waals surface area contributed by atoms with Crippen LogP contribution in [0.3, 0.4) is 0 Å². The van der Waals surface area contributed by atoms with Gasteiger partial charge >= 0.3 is 0 Å². The van der Waals surface area contributed by atoms with Crippen molar-refractivity contribution >= 4 is 17.5 Å². The number of nitrogens with zero attached hydrogens (tertiary/aromatic N) is 2. The average Bonchev–Trinajstić information content (AvgIpc) is 3.00. The molecular formula is C17H19ClN2O2. The van der Waals surface area contributed by atoms with Gasteiger partial charge in [-0.05, 0) is 37.5 Å². The largest absolute Gasteiger partial charge is 0.364 e. The molecule has 1 aliphatic rings. The number of hydrogen-bond donors (Lipinski definition) is 0. The Morgan fingerprint density at radius 3 is 2.50 bits per heavy atom. The number of aromatic nitrogens is 1. The van der Waals surface area contributed by atoms with Crippen LogP contribution in [-0.2, 0) is 10.2 Å². The number of likely N-dealkylation sites (N-methyl/N-ethyl adjacent to an activating group) is 1. The van der Waals surface area contributed by atoms with Crippen LogP contribution in [0, 0.1) is 0 Å². The van der Waals surface area contributed by atoms with E-state index in [4.69, 9.17) is 16.1 Å². The zero-order valence-corrected chi connectivity index (χ0v) is 13.5. The Morgan fingerprint density at radius 2 is 2.00 bits per heavy atom. The van der Waals surface area contributed by atoms with Gasteiger partial charge in [-0.25, -0.2) is 0 Å². The Hall–Kier alpha value is -1.81. The van der Waals surface area contributed by atoms with Crippen molar-refractivity contribution in [2.24, 2.45) is 0 Å². The van der Waals surface area contributed by atoms with Crippen LogP contribution in [0.5, 0.6) is 0 Å². The lowest BCUT2D eigenvalue weighted by Gasteiger charge is -2.44. The number of carbonyl (C=O) groups excluding carboxylic acids is 1. The van der Waals surface area contributed by atoms with Crippen molar-refractivity contribution in [1.29, 1.82) is 0 Å². The van der Waals surface area contributed by atoms with Gasteiger partial charge in [-0.1, -0.05) is 35.3 Å².